The molecule has 1 aliphatic heterocycles. The summed E-state index contributed by atoms with van der Waals surface area (Å²) in [5.74, 6) is -1.17. The third-order valence-electron chi connectivity index (χ3n) is 4.71. The molecule has 8 nitrogen and oxygen atoms in total. The van der Waals surface area contributed by atoms with Crippen LogP contribution < -0.4 is 10.2 Å². The number of aromatic nitrogens is 4. The third kappa shape index (κ3) is 4.30. The summed E-state index contributed by atoms with van der Waals surface area (Å²) in [6, 6.07) is 6.89. The largest absolute Gasteiger partial charge is 0.351 e. The molecule has 150 valence electrons. The van der Waals surface area contributed by atoms with Crippen LogP contribution in [-0.2, 0) is 16.1 Å². The molecule has 2 aromatic heterocycles. The van der Waals surface area contributed by atoms with Gasteiger partial charge in [-0.1, -0.05) is 22.9 Å². The molecule has 1 aliphatic rings. The fourth-order valence-corrected chi connectivity index (χ4v) is 4.09. The molecule has 2 amide bonds. The van der Waals surface area contributed by atoms with Crippen LogP contribution in [0.15, 0.2) is 42.2 Å². The van der Waals surface area contributed by atoms with Crippen molar-refractivity contribution in [2.24, 2.45) is 5.92 Å². The first-order valence-electron chi connectivity index (χ1n) is 9.17. The van der Waals surface area contributed by atoms with E-state index in [1.807, 2.05) is 19.2 Å². The van der Waals surface area contributed by atoms with Gasteiger partial charge in [-0.05, 0) is 31.5 Å². The number of nitrogens with one attached hydrogen (secondary N) is 1. The molecule has 0 saturated carbocycles. The lowest BCUT2D eigenvalue weighted by molar-refractivity contribution is -0.132. The molecule has 1 N–H and O–H groups in total. The Morgan fingerprint density at radius 3 is 3.07 bits per heavy atom. The summed E-state index contributed by atoms with van der Waals surface area (Å²) in [5.41, 5.74) is 3.20. The van der Waals surface area contributed by atoms with Crippen LogP contribution in [0.25, 0.3) is 10.6 Å². The van der Waals surface area contributed by atoms with E-state index in [1.54, 1.807) is 39.5 Å². The quantitative estimate of drug-likeness (QED) is 0.607. The van der Waals surface area contributed by atoms with Crippen molar-refractivity contribution in [2.45, 2.75) is 25.9 Å². The van der Waals surface area contributed by atoms with Crippen LogP contribution in [0.2, 0.25) is 5.02 Å². The Bertz CT molecular complexity index is 1020. The van der Waals surface area contributed by atoms with E-state index in [0.717, 1.165) is 10.6 Å². The summed E-state index contributed by atoms with van der Waals surface area (Å²) < 4.78 is 1.68. The normalized spacial score (nSPS) is 17.5. The van der Waals surface area contributed by atoms with Gasteiger partial charge in [-0.15, -0.1) is 16.4 Å². The zero-order valence-electron chi connectivity index (χ0n) is 15.7. The summed E-state index contributed by atoms with van der Waals surface area (Å²) in [7, 11) is 0. The predicted molar refractivity (Wildman–Crippen MR) is 111 cm³/mol. The van der Waals surface area contributed by atoms with Gasteiger partial charge in [0, 0.05) is 29.5 Å². The highest BCUT2D eigenvalue weighted by Crippen LogP contribution is 2.27. The maximum absolute atomic E-state index is 12.7. The molecule has 4 rings (SSSR count). The SMILES string of the molecule is CC(Cn1cc(-c2cncs2)nn1)NC(=O)C1CCN(c2cccc(Cl)c2)C1=O. The number of carbonyl (C=O) groups excluding carboxylic acids is 2. The number of benzene rings is 1. The molecule has 29 heavy (non-hydrogen) atoms. The molecule has 0 radical (unpaired) electrons. The van der Waals surface area contributed by atoms with Gasteiger partial charge in [0.15, 0.2) is 0 Å². The highest BCUT2D eigenvalue weighted by atomic mass is 35.5. The van der Waals surface area contributed by atoms with Gasteiger partial charge in [0.05, 0.1) is 23.1 Å². The van der Waals surface area contributed by atoms with Crippen LogP contribution in [0.5, 0.6) is 0 Å². The summed E-state index contributed by atoms with van der Waals surface area (Å²) in [4.78, 5) is 32.0. The van der Waals surface area contributed by atoms with E-state index in [1.165, 1.54) is 11.3 Å². The average Bonchev–Trinajstić information content (AvgIpc) is 3.41. The standard InChI is InChI=1S/C19H19ClN6O2S/c1-12(9-25-10-16(23-24-25)17-8-21-11-29-17)22-18(27)15-5-6-26(19(15)28)14-4-2-3-13(20)7-14/h2-4,7-8,10-12,15H,5-6,9H2,1H3,(H,22,27). The first kappa shape index (κ1) is 19.5. The van der Waals surface area contributed by atoms with Gasteiger partial charge in [-0.2, -0.15) is 0 Å². The molecule has 3 aromatic rings. The summed E-state index contributed by atoms with van der Waals surface area (Å²) in [6.07, 6.45) is 4.03. The Balaban J connectivity index is 1.35. The Labute approximate surface area is 176 Å². The lowest BCUT2D eigenvalue weighted by atomic mass is 10.1. The molecule has 2 atom stereocenters. The lowest BCUT2D eigenvalue weighted by Crippen LogP contribution is -2.42. The highest BCUT2D eigenvalue weighted by Gasteiger charge is 2.38. The molecule has 2 unspecified atom stereocenters. The second-order valence-electron chi connectivity index (χ2n) is 6.91. The van der Waals surface area contributed by atoms with Crippen LogP contribution in [-0.4, -0.2) is 44.4 Å². The number of nitrogens with zero attached hydrogens (tertiary/aromatic N) is 5. The molecule has 0 bridgehead atoms. The third-order valence-corrected chi connectivity index (χ3v) is 5.75. The van der Waals surface area contributed by atoms with Gasteiger partial charge in [-0.25, -0.2) is 4.68 Å². The molecule has 0 spiro atoms. The van der Waals surface area contributed by atoms with Crippen LogP contribution >= 0.6 is 22.9 Å². The minimum atomic E-state index is -0.695. The van der Waals surface area contributed by atoms with Gasteiger partial charge in [0.1, 0.15) is 11.6 Å². The first-order chi connectivity index (χ1) is 14.0. The monoisotopic (exact) mass is 430 g/mol. The van der Waals surface area contributed by atoms with Gasteiger partial charge in [-0.3, -0.25) is 14.6 Å². The van der Waals surface area contributed by atoms with Gasteiger partial charge in [0.2, 0.25) is 11.8 Å². The maximum atomic E-state index is 12.7. The van der Waals surface area contributed by atoms with Crippen molar-refractivity contribution in [1.29, 1.82) is 0 Å². The lowest BCUT2D eigenvalue weighted by Gasteiger charge is -2.18. The van der Waals surface area contributed by atoms with E-state index < -0.39 is 5.92 Å². The molecule has 10 heteroatoms. The number of rotatable bonds is 6. The Kier molecular flexibility index (Phi) is 5.59. The predicted octanol–water partition coefficient (Wildman–Crippen LogP) is 2.61. The summed E-state index contributed by atoms with van der Waals surface area (Å²) >= 11 is 7.50. The number of carbonyl (C=O) groups is 2. The van der Waals surface area contributed by atoms with E-state index >= 15 is 0 Å². The van der Waals surface area contributed by atoms with Crippen LogP contribution in [0.4, 0.5) is 5.69 Å². The number of hydrogen-bond acceptors (Lipinski definition) is 6. The van der Waals surface area contributed by atoms with E-state index in [0.29, 0.717) is 30.2 Å². The van der Waals surface area contributed by atoms with Crippen molar-refractivity contribution < 1.29 is 9.59 Å². The van der Waals surface area contributed by atoms with E-state index in [2.05, 4.69) is 20.6 Å². The minimum Gasteiger partial charge on any atom is -0.351 e. The summed E-state index contributed by atoms with van der Waals surface area (Å²) in [5, 5.41) is 11.7. The molecule has 0 aliphatic carbocycles. The number of thiazole rings is 1. The first-order valence-corrected chi connectivity index (χ1v) is 10.4. The number of halogens is 1. The Morgan fingerprint density at radius 1 is 1.45 bits per heavy atom. The van der Waals surface area contributed by atoms with Crippen molar-refractivity contribution in [1.82, 2.24) is 25.3 Å². The van der Waals surface area contributed by atoms with Crippen LogP contribution in [0.1, 0.15) is 13.3 Å². The van der Waals surface area contributed by atoms with Gasteiger partial charge >= 0.3 is 0 Å². The fourth-order valence-electron chi connectivity index (χ4n) is 3.34. The van der Waals surface area contributed by atoms with Crippen molar-refractivity contribution in [3.05, 3.63) is 47.2 Å². The smallest absolute Gasteiger partial charge is 0.239 e. The number of hydrogen-bond donors (Lipinski definition) is 1. The van der Waals surface area contributed by atoms with Crippen LogP contribution in [0, 0.1) is 5.92 Å². The zero-order chi connectivity index (χ0) is 20.4. The van der Waals surface area contributed by atoms with Crippen molar-refractivity contribution in [2.75, 3.05) is 11.4 Å². The second kappa shape index (κ2) is 8.30. The zero-order valence-corrected chi connectivity index (χ0v) is 17.2. The molecule has 3 heterocycles. The molecular weight excluding hydrogens is 412 g/mol. The van der Waals surface area contributed by atoms with Gasteiger partial charge in [0.25, 0.3) is 0 Å². The van der Waals surface area contributed by atoms with Gasteiger partial charge < -0.3 is 10.2 Å². The Hall–Kier alpha value is -2.78. The fraction of sp³-hybridized carbons (Fsp3) is 0.316. The maximum Gasteiger partial charge on any atom is 0.239 e. The molecule has 1 aromatic carbocycles. The van der Waals surface area contributed by atoms with Crippen molar-refractivity contribution in [3.63, 3.8) is 0 Å². The molecule has 1 fully saturated rings. The highest BCUT2D eigenvalue weighted by molar-refractivity contribution is 7.13. The molecule has 1 saturated heterocycles. The van der Waals surface area contributed by atoms with Crippen molar-refractivity contribution >= 4 is 40.4 Å². The van der Waals surface area contributed by atoms with E-state index in [4.69, 9.17) is 11.6 Å². The van der Waals surface area contributed by atoms with E-state index in [9.17, 15) is 9.59 Å². The average molecular weight is 431 g/mol. The summed E-state index contributed by atoms with van der Waals surface area (Å²) in [6.45, 7) is 2.82. The Morgan fingerprint density at radius 2 is 2.31 bits per heavy atom. The second-order valence-corrected chi connectivity index (χ2v) is 8.23. The van der Waals surface area contributed by atoms with E-state index in [-0.39, 0.29) is 17.9 Å². The number of amides is 2. The van der Waals surface area contributed by atoms with Crippen molar-refractivity contribution in [3.8, 4) is 10.6 Å². The molecular formula is C19H19ClN6O2S. The minimum absolute atomic E-state index is 0.202. The topological polar surface area (TPSA) is 93.0 Å². The van der Waals surface area contributed by atoms with Crippen LogP contribution in [0.3, 0.4) is 0 Å². The number of anilines is 1.